The van der Waals surface area contributed by atoms with Crippen molar-refractivity contribution < 1.29 is 18.5 Å². The van der Waals surface area contributed by atoms with E-state index in [1.54, 1.807) is 12.1 Å². The molecule has 1 N–H and O–H groups in total. The molecule has 2 aliphatic rings. The van der Waals surface area contributed by atoms with E-state index in [4.69, 9.17) is 4.42 Å². The molecule has 0 spiro atoms. The van der Waals surface area contributed by atoms with Crippen molar-refractivity contribution in [2.24, 2.45) is 0 Å². The number of carbonyl (C=O) groups is 1. The first-order chi connectivity index (χ1) is 13.1. The normalized spacial score (nSPS) is 22.2. The molecule has 0 aliphatic carbocycles. The average molecular weight is 371 g/mol. The molecule has 0 saturated carbocycles. The van der Waals surface area contributed by atoms with Crippen molar-refractivity contribution in [3.63, 3.8) is 0 Å². The lowest BCUT2D eigenvalue weighted by Crippen LogP contribution is -2.51. The van der Waals surface area contributed by atoms with Crippen LogP contribution in [0.5, 0.6) is 0 Å². The fourth-order valence-corrected chi connectivity index (χ4v) is 3.82. The molecule has 8 heteroatoms. The van der Waals surface area contributed by atoms with Crippen molar-refractivity contribution in [2.75, 3.05) is 13.1 Å². The van der Waals surface area contributed by atoms with Crippen LogP contribution in [0.15, 0.2) is 58.5 Å². The number of fused-ring (bicyclic) bond motifs is 1. The second-order valence-corrected chi connectivity index (χ2v) is 6.65. The SMILES string of the molecule is O=C(C1=C2NCCCN2[C@H](c2ccco2)[C@@H]([N+](=O)[O-])C1)c1ccc(F)cc1. The number of benzene rings is 1. The predicted octanol–water partition coefficient (Wildman–Crippen LogP) is 2.90. The molecule has 0 bridgehead atoms. The average Bonchev–Trinajstić information content (AvgIpc) is 3.21. The third-order valence-corrected chi connectivity index (χ3v) is 5.04. The highest BCUT2D eigenvalue weighted by molar-refractivity contribution is 6.09. The lowest BCUT2D eigenvalue weighted by molar-refractivity contribution is -0.532. The molecule has 0 radical (unpaired) electrons. The first-order valence-corrected chi connectivity index (χ1v) is 8.77. The van der Waals surface area contributed by atoms with Crippen LogP contribution in [0.2, 0.25) is 0 Å². The number of rotatable bonds is 4. The van der Waals surface area contributed by atoms with E-state index < -0.39 is 17.9 Å². The van der Waals surface area contributed by atoms with E-state index in [0.29, 0.717) is 35.8 Å². The fourth-order valence-electron chi connectivity index (χ4n) is 3.82. The number of ketones is 1. The van der Waals surface area contributed by atoms with Crippen molar-refractivity contribution in [1.82, 2.24) is 10.2 Å². The summed E-state index contributed by atoms with van der Waals surface area (Å²) in [5.74, 6) is 0.349. The van der Waals surface area contributed by atoms with E-state index in [-0.39, 0.29) is 17.1 Å². The largest absolute Gasteiger partial charge is 0.467 e. The van der Waals surface area contributed by atoms with Gasteiger partial charge in [-0.1, -0.05) is 0 Å². The van der Waals surface area contributed by atoms with Gasteiger partial charge in [-0.15, -0.1) is 0 Å². The van der Waals surface area contributed by atoms with Gasteiger partial charge in [-0.3, -0.25) is 14.9 Å². The Bertz CT molecular complexity index is 892. The lowest BCUT2D eigenvalue weighted by atomic mass is 9.87. The van der Waals surface area contributed by atoms with Gasteiger partial charge in [-0.05, 0) is 42.8 Å². The van der Waals surface area contributed by atoms with E-state index >= 15 is 0 Å². The zero-order valence-electron chi connectivity index (χ0n) is 14.4. The molecular weight excluding hydrogens is 353 g/mol. The molecule has 2 aromatic rings. The smallest absolute Gasteiger partial charge is 0.244 e. The molecule has 1 fully saturated rings. The Morgan fingerprint density at radius 2 is 2.07 bits per heavy atom. The number of nitrogens with zero attached hydrogens (tertiary/aromatic N) is 2. The minimum atomic E-state index is -1.01. The zero-order chi connectivity index (χ0) is 19.0. The fraction of sp³-hybridized carbons (Fsp3) is 0.316. The molecule has 1 aromatic carbocycles. The molecule has 0 unspecified atom stereocenters. The van der Waals surface area contributed by atoms with Gasteiger partial charge in [0.05, 0.1) is 12.7 Å². The molecule has 1 saturated heterocycles. The molecular formula is C19H18FN3O4. The minimum absolute atomic E-state index is 0.0204. The van der Waals surface area contributed by atoms with Gasteiger partial charge < -0.3 is 14.6 Å². The topological polar surface area (TPSA) is 88.6 Å². The lowest BCUT2D eigenvalue weighted by Gasteiger charge is -2.43. The van der Waals surface area contributed by atoms with E-state index in [1.807, 2.05) is 4.90 Å². The van der Waals surface area contributed by atoms with Crippen LogP contribution in [-0.4, -0.2) is 34.7 Å². The summed E-state index contributed by atoms with van der Waals surface area (Å²) in [6.45, 7) is 1.26. The number of hydrogen-bond donors (Lipinski definition) is 1. The van der Waals surface area contributed by atoms with Crippen LogP contribution in [0.25, 0.3) is 0 Å². The van der Waals surface area contributed by atoms with Gasteiger partial charge in [0.25, 0.3) is 0 Å². The summed E-state index contributed by atoms with van der Waals surface area (Å²) in [6.07, 6.45) is 2.27. The first kappa shape index (κ1) is 17.3. The van der Waals surface area contributed by atoms with Crippen LogP contribution in [0, 0.1) is 15.9 Å². The summed E-state index contributed by atoms with van der Waals surface area (Å²) in [4.78, 5) is 26.4. The van der Waals surface area contributed by atoms with Crippen molar-refractivity contribution in [3.05, 3.63) is 81.3 Å². The minimum Gasteiger partial charge on any atom is -0.467 e. The molecule has 7 nitrogen and oxygen atoms in total. The Labute approximate surface area is 154 Å². The highest BCUT2D eigenvalue weighted by Crippen LogP contribution is 2.39. The van der Waals surface area contributed by atoms with Gasteiger partial charge in [-0.2, -0.15) is 0 Å². The molecule has 27 heavy (non-hydrogen) atoms. The van der Waals surface area contributed by atoms with Crippen LogP contribution in [0.1, 0.15) is 35.0 Å². The van der Waals surface area contributed by atoms with Gasteiger partial charge >= 0.3 is 0 Å². The van der Waals surface area contributed by atoms with Crippen LogP contribution in [0.4, 0.5) is 4.39 Å². The number of furan rings is 1. The number of nitro groups is 1. The monoisotopic (exact) mass is 371 g/mol. The number of halogens is 1. The number of carbonyl (C=O) groups excluding carboxylic acids is 1. The van der Waals surface area contributed by atoms with Crippen LogP contribution >= 0.6 is 0 Å². The Morgan fingerprint density at radius 1 is 1.30 bits per heavy atom. The van der Waals surface area contributed by atoms with E-state index in [1.165, 1.54) is 30.5 Å². The Hall–Kier alpha value is -3.16. The van der Waals surface area contributed by atoms with Gasteiger partial charge in [0.15, 0.2) is 11.8 Å². The Balaban J connectivity index is 1.79. The number of Topliss-reactive ketones (excluding diaryl/α,β-unsaturated/α-hetero) is 1. The van der Waals surface area contributed by atoms with E-state index in [0.717, 1.165) is 6.42 Å². The van der Waals surface area contributed by atoms with Gasteiger partial charge in [-0.25, -0.2) is 4.39 Å². The van der Waals surface area contributed by atoms with E-state index in [9.17, 15) is 19.3 Å². The standard InChI is InChI=1S/C19H18FN3O4/c20-13-6-4-12(5-7-13)18(24)14-11-15(23(25)26)17(16-3-1-10-27-16)22-9-2-8-21-19(14)22/h1,3-7,10,15,17,21H,2,8-9,11H2/t15-,17-/m0/s1. The molecule has 2 atom stereocenters. The second kappa shape index (κ2) is 6.86. The molecule has 3 heterocycles. The summed E-state index contributed by atoms with van der Waals surface area (Å²) in [5.41, 5.74) is 0.663. The highest BCUT2D eigenvalue weighted by Gasteiger charge is 2.47. The summed E-state index contributed by atoms with van der Waals surface area (Å²) < 4.78 is 18.7. The quantitative estimate of drug-likeness (QED) is 0.505. The predicted molar refractivity (Wildman–Crippen MR) is 93.9 cm³/mol. The van der Waals surface area contributed by atoms with Crippen LogP contribution < -0.4 is 5.32 Å². The maximum atomic E-state index is 13.2. The van der Waals surface area contributed by atoms with Crippen molar-refractivity contribution in [2.45, 2.75) is 24.9 Å². The molecule has 0 amide bonds. The van der Waals surface area contributed by atoms with Gasteiger partial charge in [0.1, 0.15) is 17.4 Å². The maximum Gasteiger partial charge on any atom is 0.244 e. The second-order valence-electron chi connectivity index (χ2n) is 6.65. The molecule has 140 valence electrons. The van der Waals surface area contributed by atoms with Crippen molar-refractivity contribution >= 4 is 5.78 Å². The molecule has 4 rings (SSSR count). The summed E-state index contributed by atoms with van der Waals surface area (Å²) in [5, 5.41) is 15.0. The summed E-state index contributed by atoms with van der Waals surface area (Å²) in [7, 11) is 0. The summed E-state index contributed by atoms with van der Waals surface area (Å²) in [6, 6.07) is 7.05. The number of hydrogen-bond acceptors (Lipinski definition) is 6. The van der Waals surface area contributed by atoms with Crippen molar-refractivity contribution in [3.8, 4) is 0 Å². The maximum absolute atomic E-state index is 13.2. The van der Waals surface area contributed by atoms with Crippen LogP contribution in [-0.2, 0) is 0 Å². The summed E-state index contributed by atoms with van der Waals surface area (Å²) >= 11 is 0. The Morgan fingerprint density at radius 3 is 2.74 bits per heavy atom. The molecule has 2 aliphatic heterocycles. The van der Waals surface area contributed by atoms with Gasteiger partial charge in [0.2, 0.25) is 6.04 Å². The molecule has 1 aromatic heterocycles. The number of nitrogens with one attached hydrogen (secondary N) is 1. The third kappa shape index (κ3) is 3.07. The highest BCUT2D eigenvalue weighted by atomic mass is 19.1. The first-order valence-electron chi connectivity index (χ1n) is 8.77. The zero-order valence-corrected chi connectivity index (χ0v) is 14.4. The third-order valence-electron chi connectivity index (χ3n) is 5.04. The van der Waals surface area contributed by atoms with Gasteiger partial charge in [0, 0.05) is 29.1 Å². The van der Waals surface area contributed by atoms with Crippen molar-refractivity contribution in [1.29, 1.82) is 0 Å². The Kier molecular flexibility index (Phi) is 4.39. The van der Waals surface area contributed by atoms with E-state index in [2.05, 4.69) is 5.32 Å². The van der Waals surface area contributed by atoms with Crippen LogP contribution in [0.3, 0.4) is 0 Å².